The quantitative estimate of drug-likeness (QED) is 0.590. The molecule has 1 rings (SSSR count). The third-order valence-corrected chi connectivity index (χ3v) is 1.25. The van der Waals surface area contributed by atoms with E-state index in [0.29, 0.717) is 16.7 Å². The fourth-order valence-corrected chi connectivity index (χ4v) is 0.738. The van der Waals surface area contributed by atoms with E-state index >= 15 is 0 Å². The minimum Gasteiger partial charge on any atom is -0.260 e. The zero-order valence-electron chi connectivity index (χ0n) is 4.51. The number of aromatic nitrogens is 2. The van der Waals surface area contributed by atoms with Crippen LogP contribution >= 0.6 is 23.2 Å². The van der Waals surface area contributed by atoms with Crippen LogP contribution in [0.15, 0.2) is 12.4 Å². The third-order valence-electron chi connectivity index (χ3n) is 0.792. The van der Waals surface area contributed by atoms with E-state index in [-0.39, 0.29) is 0 Å². The van der Waals surface area contributed by atoms with Crippen LogP contribution < -0.4 is 0 Å². The molecule has 0 aromatic carbocycles. The molecule has 0 saturated carbocycles. The molecule has 0 fully saturated rings. The number of nitrogens with zero attached hydrogens (tertiary/aromatic N) is 2. The molecule has 48 valence electrons. The molecule has 1 aromatic rings. The Balaban J connectivity index is 2.94. The number of hydrogen-bond donors (Lipinski definition) is 0. The van der Waals surface area contributed by atoms with Crippen molar-refractivity contribution in [2.24, 2.45) is 0 Å². The van der Waals surface area contributed by atoms with Gasteiger partial charge in [0, 0.05) is 6.20 Å². The van der Waals surface area contributed by atoms with Crippen molar-refractivity contribution >= 4 is 23.2 Å². The first kappa shape index (κ1) is 6.78. The summed E-state index contributed by atoms with van der Waals surface area (Å²) in [5.41, 5.74) is 0.698. The second kappa shape index (κ2) is 2.99. The van der Waals surface area contributed by atoms with Crippen LogP contribution in [0.2, 0.25) is 5.15 Å². The Hall–Kier alpha value is -0.340. The molecule has 0 aliphatic heterocycles. The van der Waals surface area contributed by atoms with Crippen LogP contribution in [0.5, 0.6) is 0 Å². The van der Waals surface area contributed by atoms with Crippen molar-refractivity contribution < 1.29 is 0 Å². The smallest absolute Gasteiger partial charge is 0.147 e. The molecule has 0 spiro atoms. The summed E-state index contributed by atoms with van der Waals surface area (Å²) in [6, 6.07) is 0. The summed E-state index contributed by atoms with van der Waals surface area (Å²) < 4.78 is 0. The van der Waals surface area contributed by atoms with Gasteiger partial charge >= 0.3 is 0 Å². The number of rotatable bonds is 1. The molecule has 4 heteroatoms. The van der Waals surface area contributed by atoms with Crippen molar-refractivity contribution in [3.8, 4) is 0 Å². The Morgan fingerprint density at radius 1 is 1.44 bits per heavy atom. The zero-order chi connectivity index (χ0) is 6.69. The van der Waals surface area contributed by atoms with Gasteiger partial charge in [-0.3, -0.25) is 4.98 Å². The largest absolute Gasteiger partial charge is 0.260 e. The molecule has 0 aliphatic rings. The molecular formula is C5H4Cl2N2. The maximum atomic E-state index is 5.49. The van der Waals surface area contributed by atoms with Gasteiger partial charge in [-0.25, -0.2) is 4.98 Å². The van der Waals surface area contributed by atoms with Crippen LogP contribution in [0.1, 0.15) is 5.69 Å². The molecule has 0 bridgehead atoms. The summed E-state index contributed by atoms with van der Waals surface area (Å²) in [5.74, 6) is 0.355. The highest BCUT2D eigenvalue weighted by atomic mass is 35.5. The van der Waals surface area contributed by atoms with Gasteiger partial charge in [0.1, 0.15) is 5.15 Å². The minimum absolute atomic E-state index is 0.355. The van der Waals surface area contributed by atoms with Gasteiger partial charge in [0.2, 0.25) is 0 Å². The first-order chi connectivity index (χ1) is 4.33. The predicted octanol–water partition coefficient (Wildman–Crippen LogP) is 1.87. The van der Waals surface area contributed by atoms with E-state index < -0.39 is 0 Å². The number of hydrogen-bond acceptors (Lipinski definition) is 2. The van der Waals surface area contributed by atoms with Crippen molar-refractivity contribution in [3.05, 3.63) is 23.2 Å². The van der Waals surface area contributed by atoms with Crippen LogP contribution in [0.25, 0.3) is 0 Å². The highest BCUT2D eigenvalue weighted by Gasteiger charge is 1.91. The van der Waals surface area contributed by atoms with Gasteiger partial charge < -0.3 is 0 Å². The Morgan fingerprint density at radius 2 is 2.22 bits per heavy atom. The van der Waals surface area contributed by atoms with Gasteiger partial charge in [-0.15, -0.1) is 11.6 Å². The van der Waals surface area contributed by atoms with Crippen LogP contribution in [0, 0.1) is 0 Å². The highest BCUT2D eigenvalue weighted by molar-refractivity contribution is 6.29. The molecule has 0 N–H and O–H groups in total. The molecule has 0 saturated heterocycles. The maximum Gasteiger partial charge on any atom is 0.147 e. The Bertz CT molecular complexity index is 202. The average Bonchev–Trinajstić information content (AvgIpc) is 1.88. The van der Waals surface area contributed by atoms with E-state index in [2.05, 4.69) is 9.97 Å². The molecule has 0 unspecified atom stereocenters. The van der Waals surface area contributed by atoms with Crippen LogP contribution in [0.4, 0.5) is 0 Å². The van der Waals surface area contributed by atoms with Crippen molar-refractivity contribution in [3.63, 3.8) is 0 Å². The zero-order valence-corrected chi connectivity index (χ0v) is 6.02. The number of alkyl halides is 1. The third kappa shape index (κ3) is 1.80. The van der Waals surface area contributed by atoms with E-state index in [1.807, 2.05) is 0 Å². The molecule has 0 atom stereocenters. The Labute approximate surface area is 62.8 Å². The van der Waals surface area contributed by atoms with Crippen molar-refractivity contribution in [1.29, 1.82) is 0 Å². The molecular weight excluding hydrogens is 159 g/mol. The average molecular weight is 163 g/mol. The number of halogens is 2. The van der Waals surface area contributed by atoms with E-state index in [1.165, 1.54) is 6.20 Å². The molecule has 0 radical (unpaired) electrons. The van der Waals surface area contributed by atoms with Crippen molar-refractivity contribution in [2.75, 3.05) is 0 Å². The molecule has 2 nitrogen and oxygen atoms in total. The summed E-state index contributed by atoms with van der Waals surface area (Å²) in [6.07, 6.45) is 3.05. The Kier molecular flexibility index (Phi) is 2.25. The fraction of sp³-hybridized carbons (Fsp3) is 0.200. The van der Waals surface area contributed by atoms with E-state index in [0.717, 1.165) is 0 Å². The molecule has 0 amide bonds. The Morgan fingerprint density at radius 3 is 2.67 bits per heavy atom. The van der Waals surface area contributed by atoms with Crippen molar-refractivity contribution in [2.45, 2.75) is 5.88 Å². The second-order valence-corrected chi connectivity index (χ2v) is 2.12. The molecule has 1 heterocycles. The predicted molar refractivity (Wildman–Crippen MR) is 36.6 cm³/mol. The summed E-state index contributed by atoms with van der Waals surface area (Å²) in [5, 5.41) is 0.383. The summed E-state index contributed by atoms with van der Waals surface area (Å²) in [6.45, 7) is 0. The lowest BCUT2D eigenvalue weighted by atomic mass is 10.5. The van der Waals surface area contributed by atoms with Crippen LogP contribution in [0.3, 0.4) is 0 Å². The lowest BCUT2D eigenvalue weighted by molar-refractivity contribution is 1.10. The van der Waals surface area contributed by atoms with Crippen molar-refractivity contribution in [1.82, 2.24) is 9.97 Å². The van der Waals surface area contributed by atoms with E-state index in [9.17, 15) is 0 Å². The maximum absolute atomic E-state index is 5.49. The van der Waals surface area contributed by atoms with Crippen LogP contribution in [-0.2, 0) is 5.88 Å². The second-order valence-electron chi connectivity index (χ2n) is 1.47. The van der Waals surface area contributed by atoms with Gasteiger partial charge in [0.15, 0.2) is 0 Å². The standard InChI is InChI=1S/C5H4Cl2N2/c6-1-4-2-8-3-5(7)9-4/h2-3H,1H2. The van der Waals surface area contributed by atoms with Gasteiger partial charge in [0.25, 0.3) is 0 Å². The first-order valence-electron chi connectivity index (χ1n) is 2.35. The minimum atomic E-state index is 0.355. The normalized spacial score (nSPS) is 9.56. The molecule has 1 aromatic heterocycles. The summed E-state index contributed by atoms with van der Waals surface area (Å²) >= 11 is 10.9. The topological polar surface area (TPSA) is 25.8 Å². The van der Waals surface area contributed by atoms with Crippen LogP contribution in [-0.4, -0.2) is 9.97 Å². The molecule has 9 heavy (non-hydrogen) atoms. The summed E-state index contributed by atoms with van der Waals surface area (Å²) in [4.78, 5) is 7.64. The monoisotopic (exact) mass is 162 g/mol. The lowest BCUT2D eigenvalue weighted by Gasteiger charge is -1.90. The SMILES string of the molecule is ClCc1cncc(Cl)n1. The lowest BCUT2D eigenvalue weighted by Crippen LogP contribution is -1.85. The van der Waals surface area contributed by atoms with E-state index in [1.54, 1.807) is 6.20 Å². The van der Waals surface area contributed by atoms with Gasteiger partial charge in [-0.2, -0.15) is 0 Å². The van der Waals surface area contributed by atoms with E-state index in [4.69, 9.17) is 23.2 Å². The molecule has 0 aliphatic carbocycles. The highest BCUT2D eigenvalue weighted by Crippen LogP contribution is 2.03. The fourth-order valence-electron chi connectivity index (χ4n) is 0.444. The first-order valence-corrected chi connectivity index (χ1v) is 3.26. The van der Waals surface area contributed by atoms with Gasteiger partial charge in [-0.05, 0) is 0 Å². The van der Waals surface area contributed by atoms with Gasteiger partial charge in [-0.1, -0.05) is 11.6 Å². The summed E-state index contributed by atoms with van der Waals surface area (Å²) in [7, 11) is 0. The van der Waals surface area contributed by atoms with Gasteiger partial charge in [0.05, 0.1) is 17.8 Å².